The maximum absolute atomic E-state index is 11.9. The first-order chi connectivity index (χ1) is 11.9. The molecule has 0 amide bonds. The zero-order chi connectivity index (χ0) is 20.1. The number of aromatic nitrogens is 1. The fourth-order valence-electron chi connectivity index (χ4n) is 1.88. The summed E-state index contributed by atoms with van der Waals surface area (Å²) in [4.78, 5) is 20.9. The number of halogens is 1. The van der Waals surface area contributed by atoms with Gasteiger partial charge < -0.3 is 15.4 Å². The monoisotopic (exact) mass is 532 g/mol. The molecular weight excluding hydrogens is 503 g/mol. The van der Waals surface area contributed by atoms with E-state index < -0.39 is 14.6 Å². The summed E-state index contributed by atoms with van der Waals surface area (Å²) in [6.07, 6.45) is 1.21. The summed E-state index contributed by atoms with van der Waals surface area (Å²) < 4.78 is 27.7. The number of nitrogens with zero attached hydrogens (tertiary/aromatic N) is 2. The van der Waals surface area contributed by atoms with E-state index >= 15 is 0 Å². The van der Waals surface area contributed by atoms with Crippen molar-refractivity contribution in [1.82, 2.24) is 15.6 Å². The molecule has 27 heavy (non-hydrogen) atoms. The van der Waals surface area contributed by atoms with E-state index in [-0.39, 0.29) is 42.5 Å². The maximum Gasteiger partial charge on any atom is 0.350 e. The number of carbonyl (C=O) groups excluding carboxylic acids is 1. The van der Waals surface area contributed by atoms with Crippen LogP contribution in [0.4, 0.5) is 0 Å². The number of thiazole rings is 1. The summed E-state index contributed by atoms with van der Waals surface area (Å²) in [7, 11) is -1.61. The largest absolute Gasteiger partial charge is 0.462 e. The molecule has 0 saturated heterocycles. The van der Waals surface area contributed by atoms with Gasteiger partial charge in [-0.2, -0.15) is 0 Å². The number of carbonyl (C=O) groups is 1. The van der Waals surface area contributed by atoms with Crippen LogP contribution >= 0.6 is 35.3 Å². The fourth-order valence-corrected chi connectivity index (χ4v) is 3.18. The lowest BCUT2D eigenvalue weighted by atomic mass is 10.2. The Bertz CT molecular complexity index is 775. The van der Waals surface area contributed by atoms with E-state index in [4.69, 9.17) is 4.74 Å². The van der Waals surface area contributed by atoms with Gasteiger partial charge in [0.25, 0.3) is 0 Å². The second-order valence-electron chi connectivity index (χ2n) is 6.51. The zero-order valence-electron chi connectivity index (χ0n) is 16.7. The fraction of sp³-hybridized carbons (Fsp3) is 0.688. The molecule has 8 nitrogen and oxygen atoms in total. The van der Waals surface area contributed by atoms with Gasteiger partial charge in [-0.1, -0.05) is 0 Å². The smallest absolute Gasteiger partial charge is 0.350 e. The molecule has 156 valence electrons. The van der Waals surface area contributed by atoms with Crippen LogP contribution in [0, 0.1) is 6.92 Å². The molecule has 0 aliphatic heterocycles. The van der Waals surface area contributed by atoms with Crippen molar-refractivity contribution in [2.75, 3.05) is 26.5 Å². The number of hydrogen-bond donors (Lipinski definition) is 2. The van der Waals surface area contributed by atoms with Crippen molar-refractivity contribution >= 4 is 57.1 Å². The minimum Gasteiger partial charge on any atom is -0.462 e. The number of sulfone groups is 1. The third-order valence-electron chi connectivity index (χ3n) is 3.91. The van der Waals surface area contributed by atoms with Crippen LogP contribution in [0.25, 0.3) is 0 Å². The molecule has 0 aliphatic carbocycles. The van der Waals surface area contributed by atoms with Crippen LogP contribution < -0.4 is 10.6 Å². The first-order valence-corrected chi connectivity index (χ1v) is 10.9. The molecule has 1 aromatic rings. The van der Waals surface area contributed by atoms with Crippen molar-refractivity contribution in [3.63, 3.8) is 0 Å². The van der Waals surface area contributed by atoms with Gasteiger partial charge in [0.05, 0.1) is 23.1 Å². The molecule has 1 rings (SSSR count). The van der Waals surface area contributed by atoms with Gasteiger partial charge in [-0.3, -0.25) is 4.99 Å². The third-order valence-corrected chi connectivity index (χ3v) is 7.38. The number of ether oxygens (including phenoxy) is 1. The summed E-state index contributed by atoms with van der Waals surface area (Å²) in [6.45, 7) is 9.24. The predicted molar refractivity (Wildman–Crippen MR) is 120 cm³/mol. The maximum atomic E-state index is 11.9. The highest BCUT2D eigenvalue weighted by Crippen LogP contribution is 2.24. The lowest BCUT2D eigenvalue weighted by Crippen LogP contribution is -2.48. The van der Waals surface area contributed by atoms with Gasteiger partial charge >= 0.3 is 5.97 Å². The Morgan fingerprint density at radius 2 is 2.00 bits per heavy atom. The molecule has 1 heterocycles. The third kappa shape index (κ3) is 7.18. The van der Waals surface area contributed by atoms with Crippen molar-refractivity contribution in [3.05, 3.63) is 15.6 Å². The molecule has 0 aromatic carbocycles. The van der Waals surface area contributed by atoms with E-state index in [1.807, 2.05) is 6.92 Å². The second kappa shape index (κ2) is 10.6. The Morgan fingerprint density at radius 1 is 1.41 bits per heavy atom. The van der Waals surface area contributed by atoms with Crippen LogP contribution in [0.5, 0.6) is 0 Å². The van der Waals surface area contributed by atoms with Crippen molar-refractivity contribution in [2.24, 2.45) is 4.99 Å². The SMILES string of the molecule is CCOC(=O)c1sc(C(C)NC(=NC)NCC(C)(C)S(C)(=O)=O)nc1C.I. The number of hydrogen-bond acceptors (Lipinski definition) is 7. The molecule has 0 bridgehead atoms. The van der Waals surface area contributed by atoms with Crippen molar-refractivity contribution < 1.29 is 17.9 Å². The van der Waals surface area contributed by atoms with E-state index in [1.165, 1.54) is 17.6 Å². The molecule has 0 radical (unpaired) electrons. The Kier molecular flexibility index (Phi) is 10.2. The van der Waals surface area contributed by atoms with Gasteiger partial charge in [-0.05, 0) is 34.6 Å². The summed E-state index contributed by atoms with van der Waals surface area (Å²) in [6, 6.07) is -0.213. The van der Waals surface area contributed by atoms with Gasteiger partial charge in [0, 0.05) is 19.8 Å². The number of aliphatic imine (C=N–C) groups is 1. The minimum atomic E-state index is -3.21. The van der Waals surface area contributed by atoms with E-state index in [1.54, 1.807) is 34.7 Å². The molecule has 0 aliphatic rings. The molecule has 0 fully saturated rings. The van der Waals surface area contributed by atoms with Crippen LogP contribution in [-0.4, -0.2) is 56.5 Å². The van der Waals surface area contributed by atoms with E-state index in [2.05, 4.69) is 20.6 Å². The summed E-state index contributed by atoms with van der Waals surface area (Å²) in [5, 5.41) is 6.90. The Labute approximate surface area is 182 Å². The van der Waals surface area contributed by atoms with Crippen LogP contribution in [0.1, 0.15) is 54.1 Å². The lowest BCUT2D eigenvalue weighted by molar-refractivity contribution is 0.0531. The van der Waals surface area contributed by atoms with Crippen molar-refractivity contribution in [3.8, 4) is 0 Å². The quantitative estimate of drug-likeness (QED) is 0.240. The number of guanidine groups is 1. The summed E-state index contributed by atoms with van der Waals surface area (Å²) in [5.41, 5.74) is 0.623. The Balaban J connectivity index is 0.00000676. The van der Waals surface area contributed by atoms with Crippen molar-refractivity contribution in [2.45, 2.75) is 45.4 Å². The summed E-state index contributed by atoms with van der Waals surface area (Å²) >= 11 is 1.27. The van der Waals surface area contributed by atoms with Crippen LogP contribution in [0.3, 0.4) is 0 Å². The van der Waals surface area contributed by atoms with Crippen LogP contribution in [0.2, 0.25) is 0 Å². The highest BCUT2D eigenvalue weighted by molar-refractivity contribution is 14.0. The minimum absolute atomic E-state index is 0. The van der Waals surface area contributed by atoms with Gasteiger partial charge in [0.1, 0.15) is 9.88 Å². The topological polar surface area (TPSA) is 110 Å². The highest BCUT2D eigenvalue weighted by atomic mass is 127. The van der Waals surface area contributed by atoms with Gasteiger partial charge in [0.2, 0.25) is 0 Å². The molecular formula is C16H29IN4O4S2. The number of esters is 1. The molecule has 1 aromatic heterocycles. The number of aryl methyl sites for hydroxylation is 1. The molecule has 0 spiro atoms. The first-order valence-electron chi connectivity index (χ1n) is 8.24. The van der Waals surface area contributed by atoms with E-state index in [0.29, 0.717) is 23.1 Å². The van der Waals surface area contributed by atoms with E-state index in [9.17, 15) is 13.2 Å². The normalized spacial score (nSPS) is 13.5. The Morgan fingerprint density at radius 3 is 2.48 bits per heavy atom. The zero-order valence-corrected chi connectivity index (χ0v) is 20.7. The highest BCUT2D eigenvalue weighted by Gasteiger charge is 2.30. The Hall–Kier alpha value is -0.950. The van der Waals surface area contributed by atoms with Crippen LogP contribution in [-0.2, 0) is 14.6 Å². The molecule has 0 saturated carbocycles. The second-order valence-corrected chi connectivity index (χ2v) is 10.2. The van der Waals surface area contributed by atoms with Gasteiger partial charge in [0.15, 0.2) is 15.8 Å². The predicted octanol–water partition coefficient (Wildman–Crippen LogP) is 2.30. The summed E-state index contributed by atoms with van der Waals surface area (Å²) in [5.74, 6) is 0.0816. The van der Waals surface area contributed by atoms with Gasteiger partial charge in [-0.15, -0.1) is 35.3 Å². The van der Waals surface area contributed by atoms with Crippen LogP contribution in [0.15, 0.2) is 4.99 Å². The van der Waals surface area contributed by atoms with Crippen molar-refractivity contribution in [1.29, 1.82) is 0 Å². The molecule has 1 unspecified atom stereocenters. The molecule has 1 atom stereocenters. The number of nitrogens with one attached hydrogen (secondary N) is 2. The molecule has 2 N–H and O–H groups in total. The van der Waals surface area contributed by atoms with Gasteiger partial charge in [-0.25, -0.2) is 18.2 Å². The lowest BCUT2D eigenvalue weighted by Gasteiger charge is -2.25. The first kappa shape index (κ1) is 26.1. The van der Waals surface area contributed by atoms with E-state index in [0.717, 1.165) is 5.01 Å². The average molecular weight is 532 g/mol. The molecule has 11 heteroatoms. The number of rotatable bonds is 7. The standard InChI is InChI=1S/C16H28N4O4S2.HI/c1-8-24-14(21)12-10(2)19-13(25-12)11(3)20-15(17-6)18-9-16(4,5)26(7,22)23;/h11H,8-9H2,1-7H3,(H2,17,18,20);1H. The average Bonchev–Trinajstić information content (AvgIpc) is 2.92.